The molecule has 2 heterocycles. The van der Waals surface area contributed by atoms with Crippen molar-refractivity contribution in [2.75, 3.05) is 38.6 Å². The first-order chi connectivity index (χ1) is 8.48. The molecular formula is C13H21BrN4. The Morgan fingerprint density at radius 3 is 2.56 bits per heavy atom. The number of nitrogens with zero attached hydrogens (tertiary/aromatic N) is 3. The third-order valence-corrected chi connectivity index (χ3v) is 3.90. The maximum Gasteiger partial charge on any atom is 0.128 e. The second-order valence-corrected chi connectivity index (χ2v) is 6.34. The second-order valence-electron chi connectivity index (χ2n) is 5.42. The van der Waals surface area contributed by atoms with E-state index in [0.29, 0.717) is 0 Å². The van der Waals surface area contributed by atoms with Crippen LogP contribution in [0.1, 0.15) is 12.8 Å². The zero-order valence-corrected chi connectivity index (χ0v) is 12.7. The summed E-state index contributed by atoms with van der Waals surface area (Å²) in [6.07, 6.45) is 3.88. The Balaban J connectivity index is 1.96. The van der Waals surface area contributed by atoms with Crippen LogP contribution in [0.2, 0.25) is 0 Å². The van der Waals surface area contributed by atoms with Gasteiger partial charge in [-0.2, -0.15) is 0 Å². The summed E-state index contributed by atoms with van der Waals surface area (Å²) in [5, 5.41) is 0. The van der Waals surface area contributed by atoms with Crippen molar-refractivity contribution in [2.24, 2.45) is 5.73 Å². The largest absolute Gasteiger partial charge is 0.356 e. The smallest absolute Gasteiger partial charge is 0.128 e. The standard InChI is InChI=1S/C13H21BrN4/c1-17(2)10-13(15)5-7-18(8-6-13)12-4-3-11(14)9-16-12/h3-4,9H,5-8,10,15H2,1-2H3. The van der Waals surface area contributed by atoms with Gasteiger partial charge < -0.3 is 15.5 Å². The highest BCUT2D eigenvalue weighted by molar-refractivity contribution is 9.10. The van der Waals surface area contributed by atoms with Crippen molar-refractivity contribution in [3.63, 3.8) is 0 Å². The van der Waals surface area contributed by atoms with Crippen molar-refractivity contribution in [2.45, 2.75) is 18.4 Å². The van der Waals surface area contributed by atoms with Gasteiger partial charge in [0.05, 0.1) is 0 Å². The lowest BCUT2D eigenvalue weighted by molar-refractivity contribution is 0.240. The minimum absolute atomic E-state index is 0.0463. The molecule has 1 aromatic rings. The summed E-state index contributed by atoms with van der Waals surface area (Å²) in [5.41, 5.74) is 6.38. The highest BCUT2D eigenvalue weighted by Gasteiger charge is 2.31. The lowest BCUT2D eigenvalue weighted by Crippen LogP contribution is -2.55. The maximum absolute atomic E-state index is 6.43. The van der Waals surface area contributed by atoms with Gasteiger partial charge in [-0.05, 0) is 55.0 Å². The Bertz CT molecular complexity index is 382. The number of pyridine rings is 1. The summed E-state index contributed by atoms with van der Waals surface area (Å²) in [4.78, 5) is 8.93. The van der Waals surface area contributed by atoms with Crippen molar-refractivity contribution in [3.8, 4) is 0 Å². The Morgan fingerprint density at radius 2 is 2.06 bits per heavy atom. The van der Waals surface area contributed by atoms with E-state index >= 15 is 0 Å². The van der Waals surface area contributed by atoms with Crippen molar-refractivity contribution < 1.29 is 0 Å². The van der Waals surface area contributed by atoms with E-state index in [4.69, 9.17) is 5.73 Å². The topological polar surface area (TPSA) is 45.4 Å². The third kappa shape index (κ3) is 3.43. The predicted molar refractivity (Wildman–Crippen MR) is 78.9 cm³/mol. The van der Waals surface area contributed by atoms with Gasteiger partial charge >= 0.3 is 0 Å². The fourth-order valence-corrected chi connectivity index (χ4v) is 2.76. The highest BCUT2D eigenvalue weighted by Crippen LogP contribution is 2.24. The molecule has 100 valence electrons. The minimum Gasteiger partial charge on any atom is -0.356 e. The molecular weight excluding hydrogens is 292 g/mol. The molecule has 0 unspecified atom stereocenters. The van der Waals surface area contributed by atoms with Crippen LogP contribution >= 0.6 is 15.9 Å². The van der Waals surface area contributed by atoms with E-state index in [1.807, 2.05) is 12.3 Å². The lowest BCUT2D eigenvalue weighted by Gasteiger charge is -2.41. The van der Waals surface area contributed by atoms with Crippen LogP contribution in [-0.2, 0) is 0 Å². The van der Waals surface area contributed by atoms with E-state index in [2.05, 4.69) is 50.9 Å². The van der Waals surface area contributed by atoms with E-state index in [-0.39, 0.29) is 5.54 Å². The summed E-state index contributed by atoms with van der Waals surface area (Å²) in [6.45, 7) is 2.92. The molecule has 0 saturated carbocycles. The molecule has 1 aliphatic rings. The van der Waals surface area contributed by atoms with Gasteiger partial charge in [0.15, 0.2) is 0 Å². The number of hydrogen-bond donors (Lipinski definition) is 1. The number of nitrogens with two attached hydrogens (primary N) is 1. The molecule has 1 aliphatic heterocycles. The minimum atomic E-state index is -0.0463. The molecule has 0 atom stereocenters. The van der Waals surface area contributed by atoms with E-state index in [9.17, 15) is 0 Å². The van der Waals surface area contributed by atoms with E-state index in [1.165, 1.54) is 0 Å². The number of halogens is 1. The molecule has 0 aliphatic carbocycles. The second kappa shape index (κ2) is 5.55. The molecule has 0 amide bonds. The molecule has 2 rings (SSSR count). The lowest BCUT2D eigenvalue weighted by atomic mass is 9.88. The molecule has 1 saturated heterocycles. The van der Waals surface area contributed by atoms with Gasteiger partial charge in [-0.25, -0.2) is 4.98 Å². The van der Waals surface area contributed by atoms with Crippen molar-refractivity contribution in [3.05, 3.63) is 22.8 Å². The van der Waals surface area contributed by atoms with E-state index in [0.717, 1.165) is 42.8 Å². The monoisotopic (exact) mass is 312 g/mol. The van der Waals surface area contributed by atoms with Gasteiger partial charge in [0.1, 0.15) is 5.82 Å². The maximum atomic E-state index is 6.43. The predicted octanol–water partition coefficient (Wildman–Crippen LogP) is 1.70. The number of aromatic nitrogens is 1. The van der Waals surface area contributed by atoms with Gasteiger partial charge in [0.2, 0.25) is 0 Å². The van der Waals surface area contributed by atoms with Crippen LogP contribution in [0.4, 0.5) is 5.82 Å². The molecule has 0 spiro atoms. The van der Waals surface area contributed by atoms with Gasteiger partial charge in [-0.15, -0.1) is 0 Å². The van der Waals surface area contributed by atoms with Crippen LogP contribution in [0, 0.1) is 0 Å². The third-order valence-electron chi connectivity index (χ3n) is 3.43. The SMILES string of the molecule is CN(C)CC1(N)CCN(c2ccc(Br)cn2)CC1. The zero-order chi connectivity index (χ0) is 13.2. The molecule has 2 N–H and O–H groups in total. The van der Waals surface area contributed by atoms with Crippen LogP contribution in [0.3, 0.4) is 0 Å². The molecule has 0 radical (unpaired) electrons. The first kappa shape index (κ1) is 13.8. The molecule has 1 fully saturated rings. The molecule has 5 heteroatoms. The van der Waals surface area contributed by atoms with Gasteiger partial charge in [0, 0.05) is 35.8 Å². The zero-order valence-electron chi connectivity index (χ0n) is 11.1. The molecule has 4 nitrogen and oxygen atoms in total. The molecule has 1 aromatic heterocycles. The van der Waals surface area contributed by atoms with Crippen LogP contribution < -0.4 is 10.6 Å². The van der Waals surface area contributed by atoms with Gasteiger partial charge in [-0.3, -0.25) is 0 Å². The summed E-state index contributed by atoms with van der Waals surface area (Å²) < 4.78 is 1.02. The average Bonchev–Trinajstić information content (AvgIpc) is 2.30. The molecule has 0 bridgehead atoms. The first-order valence-corrected chi connectivity index (χ1v) is 7.08. The van der Waals surface area contributed by atoms with Crippen molar-refractivity contribution >= 4 is 21.7 Å². The quantitative estimate of drug-likeness (QED) is 0.923. The Hall–Kier alpha value is -0.650. The van der Waals surface area contributed by atoms with Crippen molar-refractivity contribution in [1.29, 1.82) is 0 Å². The summed E-state index contributed by atoms with van der Waals surface area (Å²) in [6, 6.07) is 4.09. The Kier molecular flexibility index (Phi) is 4.25. The van der Waals surface area contributed by atoms with Crippen LogP contribution in [-0.4, -0.2) is 49.2 Å². The summed E-state index contributed by atoms with van der Waals surface area (Å²) in [5.74, 6) is 1.05. The highest BCUT2D eigenvalue weighted by atomic mass is 79.9. The average molecular weight is 313 g/mol. The Morgan fingerprint density at radius 1 is 1.39 bits per heavy atom. The molecule has 0 aromatic carbocycles. The fourth-order valence-electron chi connectivity index (χ4n) is 2.52. The van der Waals surface area contributed by atoms with Gasteiger partial charge in [-0.1, -0.05) is 0 Å². The van der Waals surface area contributed by atoms with Crippen molar-refractivity contribution in [1.82, 2.24) is 9.88 Å². The van der Waals surface area contributed by atoms with Crippen LogP contribution in [0.15, 0.2) is 22.8 Å². The number of rotatable bonds is 3. The van der Waals surface area contributed by atoms with Crippen LogP contribution in [0.25, 0.3) is 0 Å². The van der Waals surface area contributed by atoms with Crippen LogP contribution in [0.5, 0.6) is 0 Å². The Labute approximate surface area is 117 Å². The number of hydrogen-bond acceptors (Lipinski definition) is 4. The van der Waals surface area contributed by atoms with E-state index < -0.39 is 0 Å². The number of piperidine rings is 1. The first-order valence-electron chi connectivity index (χ1n) is 6.29. The van der Waals surface area contributed by atoms with E-state index in [1.54, 1.807) is 0 Å². The van der Waals surface area contributed by atoms with Gasteiger partial charge in [0.25, 0.3) is 0 Å². The fraction of sp³-hybridized carbons (Fsp3) is 0.615. The number of likely N-dealkylation sites (N-methyl/N-ethyl adjacent to an activating group) is 1. The summed E-state index contributed by atoms with van der Waals surface area (Å²) in [7, 11) is 4.16. The molecule has 18 heavy (non-hydrogen) atoms. The summed E-state index contributed by atoms with van der Waals surface area (Å²) >= 11 is 3.41. The normalized spacial score (nSPS) is 19.3. The number of anilines is 1.